The zero-order valence-electron chi connectivity index (χ0n) is 12.5. The zero-order chi connectivity index (χ0) is 13.7. The van der Waals surface area contributed by atoms with Gasteiger partial charge in [0, 0.05) is 18.7 Å². The smallest absolute Gasteiger partial charge is 0.120 e. The molecule has 3 heteroatoms. The molecule has 0 aromatic heterocycles. The van der Waals surface area contributed by atoms with Crippen LogP contribution in [0.5, 0.6) is 0 Å². The Labute approximate surface area is 111 Å². The van der Waals surface area contributed by atoms with E-state index in [0.717, 1.165) is 12.1 Å². The summed E-state index contributed by atoms with van der Waals surface area (Å²) in [5.41, 5.74) is 0.805. The van der Waals surface area contributed by atoms with Gasteiger partial charge in [-0.25, -0.2) is 0 Å². The van der Waals surface area contributed by atoms with Crippen LogP contribution < -0.4 is 0 Å². The average Bonchev–Trinajstić information content (AvgIpc) is 2.46. The Bertz CT molecular complexity index is 341. The Kier molecular flexibility index (Phi) is 3.50. The maximum absolute atomic E-state index is 10.7. The van der Waals surface area contributed by atoms with Crippen molar-refractivity contribution in [1.29, 1.82) is 0 Å². The molecule has 18 heavy (non-hydrogen) atoms. The second-order valence-corrected chi connectivity index (χ2v) is 6.69. The summed E-state index contributed by atoms with van der Waals surface area (Å²) in [6, 6.07) is 0.0292. The summed E-state index contributed by atoms with van der Waals surface area (Å²) in [6.45, 7) is 13.0. The standard InChI is InChI=1S/C15H28N2O/c1-10(2)14-8-7-11(3)9-15(14)16(6)12(4)13(5)17(15)18/h10-11,13-14,18H,4,7-9H2,1-3,5-6H3/t11?,13-,14?,15?/m1/s1. The van der Waals surface area contributed by atoms with E-state index < -0.39 is 0 Å². The highest BCUT2D eigenvalue weighted by atomic mass is 16.5. The van der Waals surface area contributed by atoms with Crippen LogP contribution in [0.3, 0.4) is 0 Å². The molecule has 104 valence electrons. The number of hydrogen-bond acceptors (Lipinski definition) is 3. The maximum Gasteiger partial charge on any atom is 0.120 e. The highest BCUT2D eigenvalue weighted by Crippen LogP contribution is 2.51. The van der Waals surface area contributed by atoms with Gasteiger partial charge in [0.2, 0.25) is 0 Å². The van der Waals surface area contributed by atoms with Crippen molar-refractivity contribution in [1.82, 2.24) is 9.96 Å². The first kappa shape index (κ1) is 13.9. The van der Waals surface area contributed by atoms with Crippen molar-refractivity contribution in [3.05, 3.63) is 12.3 Å². The Balaban J connectivity index is 2.43. The Morgan fingerprint density at radius 1 is 1.33 bits per heavy atom. The van der Waals surface area contributed by atoms with Crippen LogP contribution >= 0.6 is 0 Å². The van der Waals surface area contributed by atoms with Crippen LogP contribution in [0.1, 0.15) is 47.0 Å². The van der Waals surface area contributed by atoms with E-state index in [0.29, 0.717) is 17.8 Å². The molecule has 3 unspecified atom stereocenters. The summed E-state index contributed by atoms with van der Waals surface area (Å²) >= 11 is 0. The first-order chi connectivity index (χ1) is 8.32. The van der Waals surface area contributed by atoms with Crippen LogP contribution in [-0.4, -0.2) is 33.9 Å². The molecule has 0 radical (unpaired) electrons. The van der Waals surface area contributed by atoms with Crippen molar-refractivity contribution < 1.29 is 5.21 Å². The lowest BCUT2D eigenvalue weighted by Crippen LogP contribution is -2.60. The SMILES string of the molecule is C=C1[C@@H](C)N(O)C2(CC(C)CCC2C(C)C)N1C. The molecule has 3 nitrogen and oxygen atoms in total. The van der Waals surface area contributed by atoms with Crippen LogP contribution in [0.25, 0.3) is 0 Å². The predicted octanol–water partition coefficient (Wildman–Crippen LogP) is 3.31. The van der Waals surface area contributed by atoms with Crippen LogP contribution in [0.2, 0.25) is 0 Å². The summed E-state index contributed by atoms with van der Waals surface area (Å²) < 4.78 is 0. The maximum atomic E-state index is 10.7. The van der Waals surface area contributed by atoms with Crippen LogP contribution in [0.4, 0.5) is 0 Å². The minimum Gasteiger partial charge on any atom is -0.357 e. The third kappa shape index (κ3) is 1.71. The van der Waals surface area contributed by atoms with Crippen molar-refractivity contribution in [3.8, 4) is 0 Å². The first-order valence-corrected chi connectivity index (χ1v) is 7.23. The highest BCUT2D eigenvalue weighted by molar-refractivity contribution is 5.18. The normalized spacial score (nSPS) is 42.3. The zero-order valence-corrected chi connectivity index (χ0v) is 12.5. The van der Waals surface area contributed by atoms with E-state index in [2.05, 4.69) is 39.3 Å². The number of rotatable bonds is 1. The predicted molar refractivity (Wildman–Crippen MR) is 74.1 cm³/mol. The van der Waals surface area contributed by atoms with Crippen molar-refractivity contribution in [2.45, 2.75) is 58.7 Å². The van der Waals surface area contributed by atoms with E-state index in [9.17, 15) is 5.21 Å². The van der Waals surface area contributed by atoms with Crippen molar-refractivity contribution in [2.24, 2.45) is 17.8 Å². The number of hydrogen-bond donors (Lipinski definition) is 1. The number of hydroxylamine groups is 2. The minimum absolute atomic E-state index is 0.0292. The summed E-state index contributed by atoms with van der Waals surface area (Å²) in [7, 11) is 2.10. The molecule has 1 heterocycles. The van der Waals surface area contributed by atoms with E-state index >= 15 is 0 Å². The Hall–Kier alpha value is -0.540. The van der Waals surface area contributed by atoms with Crippen molar-refractivity contribution in [3.63, 3.8) is 0 Å². The summed E-state index contributed by atoms with van der Waals surface area (Å²) in [5, 5.41) is 12.3. The summed E-state index contributed by atoms with van der Waals surface area (Å²) in [5.74, 6) is 1.74. The van der Waals surface area contributed by atoms with E-state index in [-0.39, 0.29) is 11.7 Å². The topological polar surface area (TPSA) is 26.7 Å². The second kappa shape index (κ2) is 4.53. The van der Waals surface area contributed by atoms with Crippen LogP contribution in [-0.2, 0) is 0 Å². The van der Waals surface area contributed by atoms with Gasteiger partial charge in [0.1, 0.15) is 5.66 Å². The lowest BCUT2D eigenvalue weighted by molar-refractivity contribution is -0.239. The molecule has 0 aromatic rings. The molecule has 0 aromatic carbocycles. The fourth-order valence-corrected chi connectivity index (χ4v) is 4.14. The molecule has 1 saturated heterocycles. The molecular weight excluding hydrogens is 224 g/mol. The molecule has 1 spiro atoms. The van der Waals surface area contributed by atoms with Gasteiger partial charge in [0.15, 0.2) is 0 Å². The highest BCUT2D eigenvalue weighted by Gasteiger charge is 2.57. The molecule has 1 aliphatic heterocycles. The van der Waals surface area contributed by atoms with Crippen LogP contribution in [0, 0.1) is 17.8 Å². The lowest BCUT2D eigenvalue weighted by Gasteiger charge is -2.52. The summed E-state index contributed by atoms with van der Waals surface area (Å²) in [4.78, 5) is 2.25. The molecule has 4 atom stereocenters. The van der Waals surface area contributed by atoms with Gasteiger partial charge in [0.25, 0.3) is 0 Å². The van der Waals surface area contributed by atoms with Gasteiger partial charge in [0.05, 0.1) is 6.04 Å². The van der Waals surface area contributed by atoms with Crippen LogP contribution in [0.15, 0.2) is 12.3 Å². The number of nitrogens with zero attached hydrogens (tertiary/aromatic N) is 2. The molecule has 2 aliphatic rings. The van der Waals surface area contributed by atoms with E-state index in [1.165, 1.54) is 12.8 Å². The van der Waals surface area contributed by atoms with Gasteiger partial charge in [-0.15, -0.1) is 0 Å². The quantitative estimate of drug-likeness (QED) is 0.775. The lowest BCUT2D eigenvalue weighted by atomic mass is 9.69. The van der Waals surface area contributed by atoms with Gasteiger partial charge in [-0.3, -0.25) is 0 Å². The summed E-state index contributed by atoms with van der Waals surface area (Å²) in [6.07, 6.45) is 3.50. The van der Waals surface area contributed by atoms with Gasteiger partial charge in [-0.1, -0.05) is 33.8 Å². The van der Waals surface area contributed by atoms with Crippen molar-refractivity contribution in [2.75, 3.05) is 7.05 Å². The molecule has 2 rings (SSSR count). The van der Waals surface area contributed by atoms with E-state index in [1.54, 1.807) is 5.06 Å². The monoisotopic (exact) mass is 252 g/mol. The molecule has 1 N–H and O–H groups in total. The molecule has 0 amide bonds. The third-order valence-electron chi connectivity index (χ3n) is 5.28. The third-order valence-corrected chi connectivity index (χ3v) is 5.28. The van der Waals surface area contributed by atoms with Gasteiger partial charge in [-0.05, 0) is 31.6 Å². The first-order valence-electron chi connectivity index (χ1n) is 7.23. The molecule has 1 saturated carbocycles. The molecule has 1 aliphatic carbocycles. The molecule has 0 bridgehead atoms. The van der Waals surface area contributed by atoms with Gasteiger partial charge >= 0.3 is 0 Å². The van der Waals surface area contributed by atoms with E-state index in [1.807, 2.05) is 6.92 Å². The fourth-order valence-electron chi connectivity index (χ4n) is 4.14. The molecular formula is C15H28N2O. The number of likely N-dealkylation sites (N-methyl/N-ethyl adjacent to an activating group) is 1. The Morgan fingerprint density at radius 3 is 2.39 bits per heavy atom. The second-order valence-electron chi connectivity index (χ2n) is 6.69. The van der Waals surface area contributed by atoms with Gasteiger partial charge in [-0.2, -0.15) is 5.06 Å². The molecule has 2 fully saturated rings. The average molecular weight is 252 g/mol. The van der Waals surface area contributed by atoms with Gasteiger partial charge < -0.3 is 10.1 Å². The Morgan fingerprint density at radius 2 is 1.94 bits per heavy atom. The largest absolute Gasteiger partial charge is 0.357 e. The fraction of sp³-hybridized carbons (Fsp3) is 0.867. The van der Waals surface area contributed by atoms with Crippen molar-refractivity contribution >= 4 is 0 Å². The minimum atomic E-state index is -0.234. The van der Waals surface area contributed by atoms with E-state index in [4.69, 9.17) is 0 Å².